The summed E-state index contributed by atoms with van der Waals surface area (Å²) in [7, 11) is 0. The van der Waals surface area contributed by atoms with E-state index < -0.39 is 0 Å². The minimum atomic E-state index is -0.353. The van der Waals surface area contributed by atoms with Crippen molar-refractivity contribution >= 4 is 29.1 Å². The number of anilines is 2. The van der Waals surface area contributed by atoms with E-state index in [-0.39, 0.29) is 30.1 Å². The second kappa shape index (κ2) is 7.70. The Labute approximate surface area is 170 Å². The Balaban J connectivity index is 1.42. The van der Waals surface area contributed by atoms with Gasteiger partial charge in [0.2, 0.25) is 17.7 Å². The van der Waals surface area contributed by atoms with Gasteiger partial charge in [-0.3, -0.25) is 14.4 Å². The summed E-state index contributed by atoms with van der Waals surface area (Å²) in [4.78, 5) is 40.3. The van der Waals surface area contributed by atoms with E-state index in [0.29, 0.717) is 19.6 Å². The highest BCUT2D eigenvalue weighted by Gasteiger charge is 2.35. The van der Waals surface area contributed by atoms with E-state index in [1.807, 2.05) is 49.4 Å². The smallest absolute Gasteiger partial charge is 0.227 e. The molecule has 29 heavy (non-hydrogen) atoms. The normalized spacial score (nSPS) is 18.1. The lowest BCUT2D eigenvalue weighted by atomic mass is 10.1. The maximum absolute atomic E-state index is 12.6. The van der Waals surface area contributed by atoms with Gasteiger partial charge >= 0.3 is 0 Å². The van der Waals surface area contributed by atoms with Crippen molar-refractivity contribution in [1.29, 1.82) is 0 Å². The Bertz CT molecular complexity index is 985. The third-order valence-electron chi connectivity index (χ3n) is 5.70. The van der Waals surface area contributed by atoms with Crippen LogP contribution in [-0.4, -0.2) is 30.8 Å². The first-order valence-corrected chi connectivity index (χ1v) is 9.97. The summed E-state index contributed by atoms with van der Waals surface area (Å²) in [6.45, 7) is 5.10. The molecule has 0 bridgehead atoms. The van der Waals surface area contributed by atoms with Crippen LogP contribution in [0.2, 0.25) is 0 Å². The molecule has 1 fully saturated rings. The van der Waals surface area contributed by atoms with Crippen LogP contribution in [-0.2, 0) is 27.3 Å². The Morgan fingerprint density at radius 3 is 2.76 bits per heavy atom. The molecule has 2 aliphatic heterocycles. The molecule has 2 aliphatic rings. The highest BCUT2D eigenvalue weighted by molar-refractivity contribution is 6.01. The van der Waals surface area contributed by atoms with Gasteiger partial charge in [0.25, 0.3) is 0 Å². The van der Waals surface area contributed by atoms with E-state index in [1.165, 1.54) is 0 Å². The van der Waals surface area contributed by atoms with E-state index in [4.69, 9.17) is 0 Å². The molecule has 3 amide bonds. The Morgan fingerprint density at radius 1 is 1.17 bits per heavy atom. The number of carbonyl (C=O) groups excluding carboxylic acids is 3. The first-order valence-electron chi connectivity index (χ1n) is 9.97. The van der Waals surface area contributed by atoms with Crippen molar-refractivity contribution in [2.24, 2.45) is 5.92 Å². The van der Waals surface area contributed by atoms with Crippen molar-refractivity contribution in [3.8, 4) is 0 Å². The Morgan fingerprint density at radius 2 is 2.00 bits per heavy atom. The molecular weight excluding hydrogens is 366 g/mol. The van der Waals surface area contributed by atoms with Gasteiger partial charge < -0.3 is 15.1 Å². The number of nitrogens with zero attached hydrogens (tertiary/aromatic N) is 2. The predicted octanol–water partition coefficient (Wildman–Crippen LogP) is 2.57. The summed E-state index contributed by atoms with van der Waals surface area (Å²) in [5, 5.41) is 2.96. The fourth-order valence-corrected chi connectivity index (χ4v) is 4.17. The summed E-state index contributed by atoms with van der Waals surface area (Å²) in [6.07, 6.45) is 1.00. The van der Waals surface area contributed by atoms with Crippen LogP contribution in [0.1, 0.15) is 30.0 Å². The molecule has 1 atom stereocenters. The molecule has 6 nitrogen and oxygen atoms in total. The minimum Gasteiger partial charge on any atom is -0.352 e. The van der Waals surface area contributed by atoms with Crippen LogP contribution in [0.15, 0.2) is 42.5 Å². The van der Waals surface area contributed by atoms with Crippen molar-refractivity contribution in [2.45, 2.75) is 33.2 Å². The highest BCUT2D eigenvalue weighted by Crippen LogP contribution is 2.34. The van der Waals surface area contributed by atoms with Crippen molar-refractivity contribution < 1.29 is 14.4 Å². The topological polar surface area (TPSA) is 69.7 Å². The molecule has 0 saturated carbocycles. The lowest BCUT2D eigenvalue weighted by Crippen LogP contribution is -2.32. The second-order valence-electron chi connectivity index (χ2n) is 7.85. The molecule has 6 heteroatoms. The van der Waals surface area contributed by atoms with Crippen LogP contribution in [0, 0.1) is 12.8 Å². The number of rotatable bonds is 4. The van der Waals surface area contributed by atoms with Gasteiger partial charge in [-0.1, -0.05) is 29.8 Å². The van der Waals surface area contributed by atoms with Gasteiger partial charge in [-0.15, -0.1) is 0 Å². The average Bonchev–Trinajstić information content (AvgIpc) is 3.29. The summed E-state index contributed by atoms with van der Waals surface area (Å²) in [5.74, 6) is -0.457. The zero-order chi connectivity index (χ0) is 20.5. The highest BCUT2D eigenvalue weighted by atomic mass is 16.2. The Hall–Kier alpha value is -3.15. The fourth-order valence-electron chi connectivity index (χ4n) is 4.17. The molecule has 1 saturated heterocycles. The third kappa shape index (κ3) is 3.88. The molecule has 150 valence electrons. The van der Waals surface area contributed by atoms with Crippen molar-refractivity contribution in [3.05, 3.63) is 59.2 Å². The zero-order valence-corrected chi connectivity index (χ0v) is 16.8. The molecule has 0 aromatic heterocycles. The number of fused-ring (bicyclic) bond motifs is 1. The molecule has 0 radical (unpaired) electrons. The minimum absolute atomic E-state index is 0.0269. The summed E-state index contributed by atoms with van der Waals surface area (Å²) in [6, 6.07) is 13.8. The predicted molar refractivity (Wildman–Crippen MR) is 112 cm³/mol. The van der Waals surface area contributed by atoms with Gasteiger partial charge in [0, 0.05) is 44.4 Å². The maximum atomic E-state index is 12.6. The summed E-state index contributed by atoms with van der Waals surface area (Å²) in [5.41, 5.74) is 4.98. The van der Waals surface area contributed by atoms with Gasteiger partial charge in [0.15, 0.2) is 0 Å². The quantitative estimate of drug-likeness (QED) is 0.871. The molecule has 0 aliphatic carbocycles. The van der Waals surface area contributed by atoms with Crippen molar-refractivity contribution in [1.82, 2.24) is 5.32 Å². The van der Waals surface area contributed by atoms with Crippen molar-refractivity contribution in [2.75, 3.05) is 22.9 Å². The molecule has 2 heterocycles. The number of carbonyl (C=O) groups is 3. The number of nitrogens with one attached hydrogen (secondary N) is 1. The number of hydrogen-bond donors (Lipinski definition) is 1. The van der Waals surface area contributed by atoms with E-state index in [0.717, 1.165) is 34.5 Å². The fraction of sp³-hybridized carbons (Fsp3) is 0.348. The number of benzene rings is 2. The summed E-state index contributed by atoms with van der Waals surface area (Å²) < 4.78 is 0. The van der Waals surface area contributed by atoms with Crippen LogP contribution in [0.3, 0.4) is 0 Å². The molecule has 1 unspecified atom stereocenters. The van der Waals surface area contributed by atoms with Gasteiger partial charge in [-0.25, -0.2) is 0 Å². The average molecular weight is 391 g/mol. The molecule has 0 spiro atoms. The van der Waals surface area contributed by atoms with Crippen molar-refractivity contribution in [3.63, 3.8) is 0 Å². The van der Waals surface area contributed by atoms with Crippen LogP contribution < -0.4 is 15.1 Å². The summed E-state index contributed by atoms with van der Waals surface area (Å²) >= 11 is 0. The van der Waals surface area contributed by atoms with Crippen LogP contribution >= 0.6 is 0 Å². The third-order valence-corrected chi connectivity index (χ3v) is 5.70. The lowest BCUT2D eigenvalue weighted by Gasteiger charge is -2.19. The number of hydrogen-bond acceptors (Lipinski definition) is 3. The molecule has 2 aromatic rings. The van der Waals surface area contributed by atoms with Gasteiger partial charge in [0.1, 0.15) is 0 Å². The van der Waals surface area contributed by atoms with Crippen LogP contribution in [0.4, 0.5) is 11.4 Å². The van der Waals surface area contributed by atoms with E-state index >= 15 is 0 Å². The van der Waals surface area contributed by atoms with E-state index in [9.17, 15) is 14.4 Å². The largest absolute Gasteiger partial charge is 0.352 e. The molecular formula is C23H25N3O3. The monoisotopic (exact) mass is 391 g/mol. The van der Waals surface area contributed by atoms with Gasteiger partial charge in [-0.05, 0) is 42.7 Å². The first-order chi connectivity index (χ1) is 13.9. The maximum Gasteiger partial charge on any atom is 0.227 e. The standard InChI is InChI=1S/C23H25N3O3/c1-15-4-3-5-17(10-15)13-24-23(29)19-12-22(28)26(14-19)20-6-7-21-18(11-20)8-9-25(21)16(2)27/h3-7,10-11,19H,8-9,12-14H2,1-2H3,(H,24,29). The van der Waals surface area contributed by atoms with Crippen LogP contribution in [0.5, 0.6) is 0 Å². The lowest BCUT2D eigenvalue weighted by molar-refractivity contribution is -0.126. The second-order valence-corrected chi connectivity index (χ2v) is 7.85. The molecule has 1 N–H and O–H groups in total. The number of amides is 3. The number of aryl methyl sites for hydroxylation is 1. The Kier molecular flexibility index (Phi) is 5.09. The first kappa shape index (κ1) is 19.2. The van der Waals surface area contributed by atoms with E-state index in [2.05, 4.69) is 5.32 Å². The molecule has 4 rings (SSSR count). The SMILES string of the molecule is CC(=O)N1CCc2cc(N3CC(C(=O)NCc4cccc(C)c4)CC3=O)ccc21. The molecule has 2 aromatic carbocycles. The van der Waals surface area contributed by atoms with E-state index in [1.54, 1.807) is 16.7 Å². The van der Waals surface area contributed by atoms with Gasteiger partial charge in [-0.2, -0.15) is 0 Å². The van der Waals surface area contributed by atoms with Gasteiger partial charge in [0.05, 0.1) is 5.92 Å². The zero-order valence-electron chi connectivity index (χ0n) is 16.8. The van der Waals surface area contributed by atoms with Crippen LogP contribution in [0.25, 0.3) is 0 Å².